The molecular weight excluding hydrogens is 347 g/mol. The van der Waals surface area contributed by atoms with Gasteiger partial charge in [0.1, 0.15) is 5.82 Å². The highest BCUT2D eigenvalue weighted by Gasteiger charge is 2.19. The fraction of sp³-hybridized carbons (Fsp3) is 0.381. The van der Waals surface area contributed by atoms with Crippen molar-refractivity contribution in [3.63, 3.8) is 0 Å². The number of nitrogens with one attached hydrogen (secondary N) is 1. The Morgan fingerprint density at radius 3 is 2.59 bits per heavy atom. The van der Waals surface area contributed by atoms with Gasteiger partial charge in [0.15, 0.2) is 11.5 Å². The number of methoxy groups -OCH3 is 1. The molecule has 0 spiro atoms. The first-order valence-electron chi connectivity index (χ1n) is 8.92. The highest BCUT2D eigenvalue weighted by Crippen LogP contribution is 2.28. The van der Waals surface area contributed by atoms with E-state index in [1.54, 1.807) is 26.2 Å². The summed E-state index contributed by atoms with van der Waals surface area (Å²) in [6, 6.07) is 9.99. The zero-order valence-electron chi connectivity index (χ0n) is 16.5. The quantitative estimate of drug-likeness (QED) is 0.759. The Balaban J connectivity index is 2.02. The van der Waals surface area contributed by atoms with Crippen LogP contribution < -0.4 is 14.8 Å². The first-order chi connectivity index (χ1) is 12.8. The number of likely N-dealkylation sites (N-methyl/N-ethyl adjacent to an activating group) is 1. The fourth-order valence-electron chi connectivity index (χ4n) is 2.63. The number of carbonyl (C=O) groups is 1. The van der Waals surface area contributed by atoms with Gasteiger partial charge in [0.2, 0.25) is 5.91 Å². The normalized spacial score (nSPS) is 12.0. The number of hydrogen-bond donors (Lipinski definition) is 1. The van der Waals surface area contributed by atoms with Crippen molar-refractivity contribution in [3.05, 3.63) is 53.3 Å². The number of ether oxygens (including phenoxy) is 2. The molecule has 1 amide bonds. The van der Waals surface area contributed by atoms with Gasteiger partial charge in [-0.2, -0.15) is 0 Å². The molecule has 6 heteroatoms. The van der Waals surface area contributed by atoms with E-state index in [1.165, 1.54) is 6.07 Å². The standard InChI is InChI=1S/C21H27FN2O3/c1-6-27-19-10-8-16(11-20(19)26-5)13-24(4)15(3)21(25)23-17-9-7-14(2)18(22)12-17/h7-12,15H,6,13H2,1-5H3,(H,23,25)/t15-/m1/s1. The average Bonchev–Trinajstić information content (AvgIpc) is 2.65. The summed E-state index contributed by atoms with van der Waals surface area (Å²) in [5, 5.41) is 2.76. The Labute approximate surface area is 160 Å². The summed E-state index contributed by atoms with van der Waals surface area (Å²) in [6.07, 6.45) is 0. The van der Waals surface area contributed by atoms with Gasteiger partial charge < -0.3 is 14.8 Å². The topological polar surface area (TPSA) is 50.8 Å². The zero-order chi connectivity index (χ0) is 20.0. The molecule has 5 nitrogen and oxygen atoms in total. The van der Waals surface area contributed by atoms with Gasteiger partial charge in [-0.3, -0.25) is 9.69 Å². The largest absolute Gasteiger partial charge is 0.493 e. The van der Waals surface area contributed by atoms with Gasteiger partial charge >= 0.3 is 0 Å². The molecular formula is C21H27FN2O3. The smallest absolute Gasteiger partial charge is 0.241 e. The molecule has 2 aromatic rings. The lowest BCUT2D eigenvalue weighted by Gasteiger charge is -2.24. The Hall–Kier alpha value is -2.60. The second-order valence-corrected chi connectivity index (χ2v) is 6.46. The van der Waals surface area contributed by atoms with Gasteiger partial charge in [-0.25, -0.2) is 4.39 Å². The molecule has 0 fully saturated rings. The van der Waals surface area contributed by atoms with Gasteiger partial charge in [-0.05, 0) is 63.2 Å². The Bertz CT molecular complexity index is 795. The summed E-state index contributed by atoms with van der Waals surface area (Å²) >= 11 is 0. The molecule has 0 unspecified atom stereocenters. The second kappa shape index (κ2) is 9.37. The first kappa shape index (κ1) is 20.7. The van der Waals surface area contributed by atoms with Crippen molar-refractivity contribution < 1.29 is 18.7 Å². The second-order valence-electron chi connectivity index (χ2n) is 6.46. The third kappa shape index (κ3) is 5.44. The van der Waals surface area contributed by atoms with E-state index in [-0.39, 0.29) is 11.7 Å². The van der Waals surface area contributed by atoms with Crippen molar-refractivity contribution in [3.8, 4) is 11.5 Å². The number of aryl methyl sites for hydroxylation is 1. The fourth-order valence-corrected chi connectivity index (χ4v) is 2.63. The summed E-state index contributed by atoms with van der Waals surface area (Å²) in [4.78, 5) is 14.4. The summed E-state index contributed by atoms with van der Waals surface area (Å²) in [5.41, 5.74) is 1.99. The van der Waals surface area contributed by atoms with Crippen molar-refractivity contribution in [1.82, 2.24) is 4.90 Å². The number of rotatable bonds is 8. The summed E-state index contributed by atoms with van der Waals surface area (Å²) < 4.78 is 24.5. The van der Waals surface area contributed by atoms with Crippen LogP contribution in [0.2, 0.25) is 0 Å². The van der Waals surface area contributed by atoms with Crippen LogP contribution in [0.25, 0.3) is 0 Å². The molecule has 2 aromatic carbocycles. The van der Waals surface area contributed by atoms with E-state index < -0.39 is 6.04 Å². The highest BCUT2D eigenvalue weighted by molar-refractivity contribution is 5.94. The van der Waals surface area contributed by atoms with Gasteiger partial charge in [0.25, 0.3) is 0 Å². The molecule has 1 N–H and O–H groups in total. The van der Waals surface area contributed by atoms with Crippen LogP contribution in [-0.2, 0) is 11.3 Å². The zero-order valence-corrected chi connectivity index (χ0v) is 16.5. The van der Waals surface area contributed by atoms with E-state index >= 15 is 0 Å². The van der Waals surface area contributed by atoms with Crippen LogP contribution in [0.1, 0.15) is 25.0 Å². The number of hydrogen-bond acceptors (Lipinski definition) is 4. The third-order valence-electron chi connectivity index (χ3n) is 4.44. The number of benzene rings is 2. The lowest BCUT2D eigenvalue weighted by atomic mass is 10.1. The first-order valence-corrected chi connectivity index (χ1v) is 8.92. The molecule has 0 aromatic heterocycles. The molecule has 27 heavy (non-hydrogen) atoms. The minimum atomic E-state index is -0.396. The predicted molar refractivity (Wildman–Crippen MR) is 105 cm³/mol. The summed E-state index contributed by atoms with van der Waals surface area (Å²) in [7, 11) is 3.46. The third-order valence-corrected chi connectivity index (χ3v) is 4.44. The molecule has 0 saturated heterocycles. The van der Waals surface area contributed by atoms with Gasteiger partial charge in [0, 0.05) is 12.2 Å². The molecule has 0 aliphatic carbocycles. The molecule has 0 aliphatic heterocycles. The van der Waals surface area contributed by atoms with E-state index in [1.807, 2.05) is 44.0 Å². The lowest BCUT2D eigenvalue weighted by Crippen LogP contribution is -2.39. The maximum Gasteiger partial charge on any atom is 0.241 e. The van der Waals surface area contributed by atoms with Crippen LogP contribution in [0.15, 0.2) is 36.4 Å². The lowest BCUT2D eigenvalue weighted by molar-refractivity contribution is -0.120. The SMILES string of the molecule is CCOc1ccc(CN(C)[C@H](C)C(=O)Nc2ccc(C)c(F)c2)cc1OC. The van der Waals surface area contributed by atoms with Crippen LogP contribution in [-0.4, -0.2) is 37.6 Å². The van der Waals surface area contributed by atoms with Crippen molar-refractivity contribution in [2.24, 2.45) is 0 Å². The minimum absolute atomic E-state index is 0.196. The number of nitrogens with zero attached hydrogens (tertiary/aromatic N) is 1. The summed E-state index contributed by atoms with van der Waals surface area (Å²) in [6.45, 7) is 6.53. The van der Waals surface area contributed by atoms with Crippen LogP contribution in [0, 0.1) is 12.7 Å². The van der Waals surface area contributed by atoms with Crippen molar-refractivity contribution in [2.45, 2.75) is 33.4 Å². The Morgan fingerprint density at radius 2 is 1.96 bits per heavy atom. The number of anilines is 1. The molecule has 0 radical (unpaired) electrons. The van der Waals surface area contributed by atoms with E-state index in [2.05, 4.69) is 5.32 Å². The van der Waals surface area contributed by atoms with Crippen LogP contribution in [0.5, 0.6) is 11.5 Å². The van der Waals surface area contributed by atoms with Crippen molar-refractivity contribution >= 4 is 11.6 Å². The molecule has 0 bridgehead atoms. The van der Waals surface area contributed by atoms with E-state index in [0.717, 1.165) is 5.56 Å². The Morgan fingerprint density at radius 1 is 1.22 bits per heavy atom. The molecule has 1 atom stereocenters. The van der Waals surface area contributed by atoms with Gasteiger partial charge in [-0.15, -0.1) is 0 Å². The van der Waals surface area contributed by atoms with E-state index in [0.29, 0.717) is 35.9 Å². The van der Waals surface area contributed by atoms with Gasteiger partial charge in [0.05, 0.1) is 19.8 Å². The maximum absolute atomic E-state index is 13.7. The number of amides is 1. The van der Waals surface area contributed by atoms with Crippen LogP contribution in [0.4, 0.5) is 10.1 Å². The van der Waals surface area contributed by atoms with E-state index in [9.17, 15) is 9.18 Å². The average molecular weight is 374 g/mol. The van der Waals surface area contributed by atoms with E-state index in [4.69, 9.17) is 9.47 Å². The highest BCUT2D eigenvalue weighted by atomic mass is 19.1. The maximum atomic E-state index is 13.7. The predicted octanol–water partition coefficient (Wildman–Crippen LogP) is 4.00. The number of halogens is 1. The summed E-state index contributed by atoms with van der Waals surface area (Å²) in [5.74, 6) is 0.822. The molecule has 0 saturated carbocycles. The van der Waals surface area contributed by atoms with Gasteiger partial charge in [-0.1, -0.05) is 12.1 Å². The van der Waals surface area contributed by atoms with Crippen molar-refractivity contribution in [2.75, 3.05) is 26.1 Å². The van der Waals surface area contributed by atoms with Crippen LogP contribution >= 0.6 is 0 Å². The molecule has 0 aliphatic rings. The number of carbonyl (C=O) groups excluding carboxylic acids is 1. The van der Waals surface area contributed by atoms with Crippen LogP contribution in [0.3, 0.4) is 0 Å². The molecule has 146 valence electrons. The molecule has 2 rings (SSSR count). The Kier molecular flexibility index (Phi) is 7.19. The monoisotopic (exact) mass is 374 g/mol. The van der Waals surface area contributed by atoms with Crippen molar-refractivity contribution in [1.29, 1.82) is 0 Å². The minimum Gasteiger partial charge on any atom is -0.493 e. The molecule has 0 heterocycles.